The lowest BCUT2D eigenvalue weighted by Crippen LogP contribution is -2.69. The van der Waals surface area contributed by atoms with Crippen LogP contribution in [0, 0.1) is 17.8 Å². The summed E-state index contributed by atoms with van der Waals surface area (Å²) >= 11 is 0. The predicted molar refractivity (Wildman–Crippen MR) is 244 cm³/mol. The number of amides is 2. The fraction of sp³-hybridized carbons (Fsp3) is 0.510. The minimum Gasteiger partial charge on any atom is -0.459 e. The zero-order valence-corrected chi connectivity index (χ0v) is 37.5. The first-order chi connectivity index (χ1) is 31.8. The highest BCUT2D eigenvalue weighted by Gasteiger charge is 2.65. The van der Waals surface area contributed by atoms with Crippen LogP contribution in [-0.4, -0.2) is 97.8 Å². The summed E-state index contributed by atoms with van der Waals surface area (Å²) in [5.74, 6) is -1.47. The van der Waals surface area contributed by atoms with E-state index < -0.39 is 36.2 Å². The molecule has 2 aliphatic heterocycles. The lowest BCUT2D eigenvalue weighted by atomic mass is 9.55. The lowest BCUT2D eigenvalue weighted by molar-refractivity contribution is -0.254. The topological polar surface area (TPSA) is 167 Å². The van der Waals surface area contributed by atoms with Gasteiger partial charge in [-0.2, -0.15) is 0 Å². The molecule has 14 nitrogen and oxygen atoms in total. The molecular formula is C51H65N3O11. The fourth-order valence-corrected chi connectivity index (χ4v) is 9.80. The van der Waals surface area contributed by atoms with Crippen molar-refractivity contribution in [1.29, 1.82) is 0 Å². The Balaban J connectivity index is 1.28. The van der Waals surface area contributed by atoms with Crippen molar-refractivity contribution in [3.05, 3.63) is 120 Å². The molecule has 0 aromatic heterocycles. The summed E-state index contributed by atoms with van der Waals surface area (Å²) in [5, 5.41) is 27.6. The van der Waals surface area contributed by atoms with Gasteiger partial charge in [0.2, 0.25) is 12.1 Å². The van der Waals surface area contributed by atoms with E-state index in [-0.39, 0.29) is 57.2 Å². The highest BCUT2D eigenvalue weighted by atomic mass is 16.8. The standard InChI is InChI=1S/C51H65N3O11/c1-3-27-62-51-45(54(2)50(58)61-30-29-59-35-37-18-8-5-9-19-37)33-43(53-65-46-22-12-15-28-60-46)41-31-38(20-10-13-25-55)40(21-11-14-26-56)47(48(41)51)42-32-39(23-24-44(42)64-51)63-49(57)52-34-36-16-6-4-7-17-36/h3-9,16-19,23-24,31-32,38,40,45-48,55-56H,1,10-15,20-22,25-30,33-35H2,2H3,(H,52,57). The Morgan fingerprint density at radius 2 is 1.71 bits per heavy atom. The van der Waals surface area contributed by atoms with Crippen LogP contribution in [0.3, 0.4) is 0 Å². The van der Waals surface area contributed by atoms with Crippen molar-refractivity contribution < 1.29 is 53.1 Å². The number of nitrogens with zero attached hydrogens (tertiary/aromatic N) is 2. The molecule has 2 fully saturated rings. The number of fused-ring (bicyclic) bond motifs is 2. The Hall–Kier alpha value is -5.25. The molecule has 65 heavy (non-hydrogen) atoms. The number of hydrogen-bond donors (Lipinski definition) is 3. The van der Waals surface area contributed by atoms with Crippen molar-refractivity contribution in [2.45, 2.75) is 101 Å². The first kappa shape index (κ1) is 47.7. The minimum absolute atomic E-state index is 0.0181. The van der Waals surface area contributed by atoms with Gasteiger partial charge in [0, 0.05) is 51.1 Å². The third-order valence-corrected chi connectivity index (χ3v) is 12.9. The number of ether oxygens (including phenoxy) is 6. The van der Waals surface area contributed by atoms with Crippen molar-refractivity contribution in [2.24, 2.45) is 22.9 Å². The number of aliphatic hydroxyl groups excluding tert-OH is 2. The molecule has 3 aromatic rings. The molecule has 1 saturated heterocycles. The van der Waals surface area contributed by atoms with Gasteiger partial charge in [-0.3, -0.25) is 0 Å². The van der Waals surface area contributed by atoms with E-state index in [1.165, 1.54) is 4.90 Å². The molecule has 0 spiro atoms. The summed E-state index contributed by atoms with van der Waals surface area (Å²) in [7, 11) is 1.69. The quantitative estimate of drug-likeness (QED) is 0.0504. The maximum absolute atomic E-state index is 14.2. The van der Waals surface area contributed by atoms with Crippen LogP contribution in [0.25, 0.3) is 0 Å². The number of carbonyl (C=O) groups excluding carboxylic acids is 2. The van der Waals surface area contributed by atoms with E-state index in [1.54, 1.807) is 25.3 Å². The van der Waals surface area contributed by atoms with Crippen LogP contribution in [0.1, 0.15) is 86.8 Å². The monoisotopic (exact) mass is 895 g/mol. The van der Waals surface area contributed by atoms with Crippen molar-refractivity contribution in [2.75, 3.05) is 46.7 Å². The van der Waals surface area contributed by atoms with Gasteiger partial charge < -0.3 is 53.7 Å². The molecule has 1 saturated carbocycles. The number of benzene rings is 3. The van der Waals surface area contributed by atoms with Crippen molar-refractivity contribution in [1.82, 2.24) is 10.2 Å². The van der Waals surface area contributed by atoms with Gasteiger partial charge in [-0.05, 0) is 85.3 Å². The molecule has 2 aliphatic carbocycles. The Kier molecular flexibility index (Phi) is 17.5. The van der Waals surface area contributed by atoms with Crippen LogP contribution in [0.15, 0.2) is 108 Å². The van der Waals surface area contributed by atoms with Gasteiger partial charge in [0.05, 0.1) is 38.1 Å². The van der Waals surface area contributed by atoms with E-state index in [4.69, 9.17) is 38.4 Å². The normalized spacial score (nSPS) is 25.0. The first-order valence-corrected chi connectivity index (χ1v) is 23.2. The highest BCUT2D eigenvalue weighted by Crippen LogP contribution is 2.62. The molecular weight excluding hydrogens is 831 g/mol. The van der Waals surface area contributed by atoms with Crippen LogP contribution >= 0.6 is 0 Å². The Morgan fingerprint density at radius 3 is 2.43 bits per heavy atom. The number of aliphatic hydroxyl groups is 2. The van der Waals surface area contributed by atoms with Crippen molar-refractivity contribution in [3.8, 4) is 11.5 Å². The second kappa shape index (κ2) is 23.8. The van der Waals surface area contributed by atoms with Crippen LogP contribution < -0.4 is 14.8 Å². The Bertz CT molecular complexity index is 2060. The fourth-order valence-electron chi connectivity index (χ4n) is 9.80. The molecule has 7 atom stereocenters. The van der Waals surface area contributed by atoms with Gasteiger partial charge in [-0.25, -0.2) is 9.59 Å². The van der Waals surface area contributed by atoms with Crippen LogP contribution in [0.2, 0.25) is 0 Å². The average molecular weight is 896 g/mol. The summed E-state index contributed by atoms with van der Waals surface area (Å²) in [5.41, 5.74) is 4.30. The second-order valence-corrected chi connectivity index (χ2v) is 17.2. The smallest absolute Gasteiger partial charge is 0.412 e. The van der Waals surface area contributed by atoms with E-state index in [1.807, 2.05) is 66.7 Å². The Morgan fingerprint density at radius 1 is 0.954 bits per heavy atom. The first-order valence-electron chi connectivity index (χ1n) is 23.2. The predicted octanol–water partition coefficient (Wildman–Crippen LogP) is 8.42. The van der Waals surface area contributed by atoms with E-state index >= 15 is 0 Å². The van der Waals surface area contributed by atoms with Gasteiger partial charge in [0.15, 0.2) is 0 Å². The molecule has 4 aliphatic rings. The van der Waals surface area contributed by atoms with Crippen molar-refractivity contribution >= 4 is 17.9 Å². The number of likely N-dealkylation sites (N-methyl/N-ethyl adjacent to an activating group) is 1. The van der Waals surface area contributed by atoms with Crippen LogP contribution in [0.4, 0.5) is 9.59 Å². The minimum atomic E-state index is -1.48. The zero-order chi connectivity index (χ0) is 45.4. The van der Waals surface area contributed by atoms with Crippen LogP contribution in [-0.2, 0) is 36.9 Å². The van der Waals surface area contributed by atoms with Gasteiger partial charge in [0.25, 0.3) is 0 Å². The molecule has 350 valence electrons. The molecule has 0 bridgehead atoms. The number of carbonyl (C=O) groups is 2. The summed E-state index contributed by atoms with van der Waals surface area (Å²) in [6, 6.07) is 24.0. The molecule has 2 amide bonds. The summed E-state index contributed by atoms with van der Waals surface area (Å²) in [6.07, 6.45) is 9.40. The summed E-state index contributed by atoms with van der Waals surface area (Å²) in [4.78, 5) is 35.2. The molecule has 0 radical (unpaired) electrons. The van der Waals surface area contributed by atoms with Gasteiger partial charge >= 0.3 is 12.2 Å². The average Bonchev–Trinajstić information content (AvgIpc) is 3.33. The second-order valence-electron chi connectivity index (χ2n) is 17.2. The largest absolute Gasteiger partial charge is 0.459 e. The number of oxime groups is 1. The van der Waals surface area contributed by atoms with E-state index in [0.717, 1.165) is 60.8 Å². The number of nitrogens with one attached hydrogen (secondary N) is 1. The molecule has 7 rings (SSSR count). The summed E-state index contributed by atoms with van der Waals surface area (Å²) in [6.45, 7) is 5.73. The van der Waals surface area contributed by atoms with E-state index in [9.17, 15) is 19.8 Å². The van der Waals surface area contributed by atoms with E-state index in [2.05, 4.69) is 18.0 Å². The number of unbranched alkanes of at least 4 members (excludes halogenated alkanes) is 2. The zero-order valence-electron chi connectivity index (χ0n) is 37.5. The lowest BCUT2D eigenvalue weighted by Gasteiger charge is -2.59. The van der Waals surface area contributed by atoms with Gasteiger partial charge in [-0.1, -0.05) is 90.8 Å². The highest BCUT2D eigenvalue weighted by molar-refractivity contribution is 6.03. The molecule has 2 heterocycles. The third-order valence-electron chi connectivity index (χ3n) is 12.9. The molecule has 14 heteroatoms. The maximum atomic E-state index is 14.2. The van der Waals surface area contributed by atoms with Crippen molar-refractivity contribution in [3.63, 3.8) is 0 Å². The number of hydrogen-bond acceptors (Lipinski definition) is 12. The Labute approximate surface area is 382 Å². The molecule has 3 aromatic carbocycles. The van der Waals surface area contributed by atoms with E-state index in [0.29, 0.717) is 56.2 Å². The van der Waals surface area contributed by atoms with Gasteiger partial charge in [0.1, 0.15) is 24.1 Å². The van der Waals surface area contributed by atoms with Gasteiger partial charge in [-0.15, -0.1) is 6.58 Å². The number of allylic oxidation sites excluding steroid dienone is 1. The maximum Gasteiger partial charge on any atom is 0.412 e. The molecule has 3 N–H and O–H groups in total. The SMILES string of the molecule is C=CCOC12Oc3ccc(OC(=O)NCc4ccccc4)cc3C3C(CCCCO)C(CCCCO)C=C(C(=NOC4CCCCO4)CC1N(C)C(=O)OCCOCc1ccccc1)C32. The summed E-state index contributed by atoms with van der Waals surface area (Å²) < 4.78 is 37.8. The third kappa shape index (κ3) is 12.0. The number of rotatable bonds is 22. The molecule has 7 unspecified atom stereocenters. The van der Waals surface area contributed by atoms with Crippen LogP contribution in [0.5, 0.6) is 11.5 Å².